The van der Waals surface area contributed by atoms with Crippen molar-refractivity contribution in [1.82, 2.24) is 0 Å². The van der Waals surface area contributed by atoms with Crippen LogP contribution in [0.2, 0.25) is 0 Å². The zero-order valence-electron chi connectivity index (χ0n) is 7.39. The lowest BCUT2D eigenvalue weighted by molar-refractivity contribution is -0.150. The van der Waals surface area contributed by atoms with Gasteiger partial charge in [-0.2, -0.15) is 11.3 Å². The molecule has 1 aliphatic rings. The van der Waals surface area contributed by atoms with E-state index in [4.69, 9.17) is 5.11 Å². The predicted octanol–water partition coefficient (Wildman–Crippen LogP) is 1.19. The maximum atomic E-state index is 11.3. The van der Waals surface area contributed by atoms with Gasteiger partial charge < -0.3 is 9.84 Å². The molecule has 0 aromatic carbocycles. The molecule has 0 radical (unpaired) electrons. The van der Waals surface area contributed by atoms with Crippen LogP contribution < -0.4 is 0 Å². The maximum Gasteiger partial charge on any atom is 0.314 e. The Bertz CT molecular complexity index is 395. The molecule has 5 heteroatoms. The number of methoxy groups -OCH3 is 1. The van der Waals surface area contributed by atoms with E-state index in [1.54, 1.807) is 10.8 Å². The summed E-state index contributed by atoms with van der Waals surface area (Å²) in [7, 11) is 1.27. The van der Waals surface area contributed by atoms with Crippen LogP contribution in [0.3, 0.4) is 0 Å². The summed E-state index contributed by atoms with van der Waals surface area (Å²) in [4.78, 5) is 22.2. The Morgan fingerprint density at radius 2 is 1.93 bits per heavy atom. The zero-order chi connectivity index (χ0) is 10.3. The number of rotatable bonds is 2. The van der Waals surface area contributed by atoms with Crippen molar-refractivity contribution in [3.8, 4) is 0 Å². The standard InChI is InChI=1S/C9H8O4S/c1-13-9(12)7-5-3-14-2-4(5)6(7)8(10)11/h2-3,6-7H,1H3,(H,10,11). The molecule has 2 rings (SSSR count). The predicted molar refractivity (Wildman–Crippen MR) is 49.5 cm³/mol. The topological polar surface area (TPSA) is 63.6 Å². The first-order valence-corrected chi connectivity index (χ1v) is 4.97. The first-order chi connectivity index (χ1) is 6.66. The number of ether oxygens (including phenoxy) is 1. The number of carboxylic acids is 1. The highest BCUT2D eigenvalue weighted by Gasteiger charge is 2.48. The number of aliphatic carboxylic acids is 1. The van der Waals surface area contributed by atoms with E-state index < -0.39 is 23.8 Å². The molecule has 0 bridgehead atoms. The van der Waals surface area contributed by atoms with Gasteiger partial charge in [-0.25, -0.2) is 0 Å². The van der Waals surface area contributed by atoms with E-state index in [0.717, 1.165) is 11.1 Å². The zero-order valence-corrected chi connectivity index (χ0v) is 8.21. The smallest absolute Gasteiger partial charge is 0.314 e. The number of carboxylic acid groups (broad SMARTS) is 1. The summed E-state index contributed by atoms with van der Waals surface area (Å²) < 4.78 is 4.56. The second-order valence-corrected chi connectivity index (χ2v) is 3.84. The molecule has 2 atom stereocenters. The molecular formula is C9H8O4S. The quantitative estimate of drug-likeness (QED) is 0.748. The molecule has 2 unspecified atom stereocenters. The van der Waals surface area contributed by atoms with E-state index in [9.17, 15) is 9.59 Å². The minimum absolute atomic E-state index is 0.469. The third kappa shape index (κ3) is 1.05. The van der Waals surface area contributed by atoms with Crippen molar-refractivity contribution in [2.75, 3.05) is 7.11 Å². The lowest BCUT2D eigenvalue weighted by Gasteiger charge is -2.31. The third-order valence-corrected chi connectivity index (χ3v) is 3.23. The highest BCUT2D eigenvalue weighted by Crippen LogP contribution is 2.49. The molecule has 0 spiro atoms. The number of thiophene rings is 1. The molecule has 1 N–H and O–H groups in total. The fourth-order valence-corrected chi connectivity index (χ4v) is 2.68. The summed E-state index contributed by atoms with van der Waals surface area (Å²) in [6.07, 6.45) is 0. The van der Waals surface area contributed by atoms with Crippen LogP contribution in [-0.4, -0.2) is 24.2 Å². The number of hydrogen-bond donors (Lipinski definition) is 1. The average molecular weight is 212 g/mol. The second-order valence-electron chi connectivity index (χ2n) is 3.10. The first-order valence-electron chi connectivity index (χ1n) is 4.03. The number of fused-ring (bicyclic) bond motifs is 1. The van der Waals surface area contributed by atoms with Gasteiger partial charge in [0.15, 0.2) is 0 Å². The molecule has 1 aliphatic carbocycles. The summed E-state index contributed by atoms with van der Waals surface area (Å²) in [6.45, 7) is 0. The van der Waals surface area contributed by atoms with Crippen molar-refractivity contribution in [3.63, 3.8) is 0 Å². The largest absolute Gasteiger partial charge is 0.481 e. The van der Waals surface area contributed by atoms with Crippen molar-refractivity contribution in [1.29, 1.82) is 0 Å². The minimum atomic E-state index is -0.966. The molecule has 1 aromatic heterocycles. The molecule has 4 nitrogen and oxygen atoms in total. The van der Waals surface area contributed by atoms with Gasteiger partial charge in [0.05, 0.1) is 7.11 Å². The highest BCUT2D eigenvalue weighted by atomic mass is 32.1. The summed E-state index contributed by atoms with van der Waals surface area (Å²) >= 11 is 1.41. The van der Waals surface area contributed by atoms with Crippen LogP contribution in [0, 0.1) is 0 Å². The van der Waals surface area contributed by atoms with E-state index in [1.165, 1.54) is 18.4 Å². The molecule has 0 fully saturated rings. The number of esters is 1. The van der Waals surface area contributed by atoms with E-state index in [1.807, 2.05) is 0 Å². The Morgan fingerprint density at radius 3 is 2.43 bits per heavy atom. The minimum Gasteiger partial charge on any atom is -0.481 e. The van der Waals surface area contributed by atoms with Gasteiger partial charge >= 0.3 is 11.9 Å². The molecule has 0 amide bonds. The van der Waals surface area contributed by atoms with Gasteiger partial charge in [-0.3, -0.25) is 9.59 Å². The summed E-state index contributed by atoms with van der Waals surface area (Å²) in [5.41, 5.74) is 1.55. The summed E-state index contributed by atoms with van der Waals surface area (Å²) in [6, 6.07) is 0. The van der Waals surface area contributed by atoms with Crippen LogP contribution in [-0.2, 0) is 14.3 Å². The SMILES string of the molecule is COC(=O)C1c2cscc2C1C(=O)O. The first kappa shape index (κ1) is 9.21. The van der Waals surface area contributed by atoms with Gasteiger partial charge in [0.2, 0.25) is 0 Å². The Labute approximate surface area is 84.1 Å². The van der Waals surface area contributed by atoms with Gasteiger partial charge in [-0.1, -0.05) is 0 Å². The molecule has 0 saturated carbocycles. The number of hydrogen-bond acceptors (Lipinski definition) is 4. The van der Waals surface area contributed by atoms with Crippen molar-refractivity contribution in [2.45, 2.75) is 11.8 Å². The molecule has 14 heavy (non-hydrogen) atoms. The van der Waals surface area contributed by atoms with E-state index in [2.05, 4.69) is 4.74 Å². The Kier molecular flexibility index (Phi) is 2.03. The molecule has 0 aliphatic heterocycles. The Hall–Kier alpha value is -1.36. The molecule has 74 valence electrons. The highest BCUT2D eigenvalue weighted by molar-refractivity contribution is 7.08. The van der Waals surface area contributed by atoms with Crippen LogP contribution in [0.1, 0.15) is 23.0 Å². The second kappa shape index (κ2) is 3.09. The lowest BCUT2D eigenvalue weighted by Crippen LogP contribution is -2.35. The Balaban J connectivity index is 2.36. The number of carbonyl (C=O) groups is 2. The molecular weight excluding hydrogens is 204 g/mol. The van der Waals surface area contributed by atoms with Gasteiger partial charge in [-0.05, 0) is 21.9 Å². The van der Waals surface area contributed by atoms with Crippen LogP contribution in [0.25, 0.3) is 0 Å². The van der Waals surface area contributed by atoms with Gasteiger partial charge in [-0.15, -0.1) is 0 Å². The average Bonchev–Trinajstić information content (AvgIpc) is 2.48. The van der Waals surface area contributed by atoms with Gasteiger partial charge in [0, 0.05) is 0 Å². The molecule has 0 saturated heterocycles. The molecule has 1 aromatic rings. The van der Waals surface area contributed by atoms with E-state index in [0.29, 0.717) is 0 Å². The van der Waals surface area contributed by atoms with Crippen molar-refractivity contribution >= 4 is 23.3 Å². The fraction of sp³-hybridized carbons (Fsp3) is 0.333. The third-order valence-electron chi connectivity index (χ3n) is 2.45. The van der Waals surface area contributed by atoms with Crippen LogP contribution >= 0.6 is 11.3 Å². The van der Waals surface area contributed by atoms with Crippen LogP contribution in [0.4, 0.5) is 0 Å². The van der Waals surface area contributed by atoms with Crippen molar-refractivity contribution in [3.05, 3.63) is 21.9 Å². The summed E-state index contributed by atoms with van der Waals surface area (Å²) in [5.74, 6) is -2.77. The Morgan fingerprint density at radius 1 is 1.36 bits per heavy atom. The maximum absolute atomic E-state index is 11.3. The number of carbonyl (C=O) groups excluding carboxylic acids is 1. The normalized spacial score (nSPS) is 23.5. The van der Waals surface area contributed by atoms with Crippen LogP contribution in [0.15, 0.2) is 10.8 Å². The summed E-state index contributed by atoms with van der Waals surface area (Å²) in [5, 5.41) is 12.5. The fourth-order valence-electron chi connectivity index (χ4n) is 1.75. The van der Waals surface area contributed by atoms with E-state index in [-0.39, 0.29) is 0 Å². The lowest BCUT2D eigenvalue weighted by atomic mass is 9.70. The van der Waals surface area contributed by atoms with Crippen molar-refractivity contribution < 1.29 is 19.4 Å². The van der Waals surface area contributed by atoms with Crippen molar-refractivity contribution in [2.24, 2.45) is 0 Å². The molecule has 1 heterocycles. The van der Waals surface area contributed by atoms with E-state index >= 15 is 0 Å². The van der Waals surface area contributed by atoms with Gasteiger partial charge in [0.1, 0.15) is 11.8 Å². The monoisotopic (exact) mass is 212 g/mol. The van der Waals surface area contributed by atoms with Gasteiger partial charge in [0.25, 0.3) is 0 Å². The van der Waals surface area contributed by atoms with Crippen LogP contribution in [0.5, 0.6) is 0 Å².